The van der Waals surface area contributed by atoms with Crippen LogP contribution in [0.15, 0.2) is 24.3 Å². The van der Waals surface area contributed by atoms with Gasteiger partial charge in [0.2, 0.25) is 0 Å². The van der Waals surface area contributed by atoms with Crippen molar-refractivity contribution in [3.05, 3.63) is 31.2 Å². The van der Waals surface area contributed by atoms with Crippen LogP contribution in [0.4, 0.5) is 0 Å². The van der Waals surface area contributed by atoms with Gasteiger partial charge in [-0.1, -0.05) is 69.8 Å². The van der Waals surface area contributed by atoms with Crippen LogP contribution in [-0.4, -0.2) is 89.6 Å². The molecule has 17 heteroatoms. The summed E-state index contributed by atoms with van der Waals surface area (Å²) in [5, 5.41) is 86.0. The Morgan fingerprint density at radius 3 is 1.09 bits per heavy atom. The fourth-order valence-corrected chi connectivity index (χ4v) is 1.99. The summed E-state index contributed by atoms with van der Waals surface area (Å²) in [5.74, 6) is 0. The van der Waals surface area contributed by atoms with E-state index < -0.39 is 29.3 Å². The van der Waals surface area contributed by atoms with Crippen LogP contribution in [-0.2, 0) is 0 Å². The van der Waals surface area contributed by atoms with Crippen molar-refractivity contribution in [1.82, 2.24) is 0 Å². The molecule has 35 heavy (non-hydrogen) atoms. The van der Waals surface area contributed by atoms with E-state index >= 15 is 0 Å². The summed E-state index contributed by atoms with van der Waals surface area (Å²) in [4.78, 5) is 0. The molecule has 202 valence electrons. The van der Waals surface area contributed by atoms with Gasteiger partial charge in [0.1, 0.15) is 0 Å². The van der Waals surface area contributed by atoms with E-state index in [1.54, 1.807) is 0 Å². The molecule has 0 atom stereocenters. The molecule has 12 nitrogen and oxygen atoms in total. The second-order valence-electron chi connectivity index (χ2n) is 6.47. The molecule has 0 aromatic rings. The minimum Gasteiger partial charge on any atom is -0.402 e. The van der Waals surface area contributed by atoms with Gasteiger partial charge in [-0.3, -0.25) is 0 Å². The SMILES string of the molecule is OB(O)O.OB(O)O.OB(O)O.OB(O)O.[CH2-]CCCCCCC/C=C\C/C=C\CCCCC.[Na+]. The van der Waals surface area contributed by atoms with Crippen molar-refractivity contribution in [2.45, 2.75) is 84.0 Å². The second-order valence-corrected chi connectivity index (χ2v) is 6.47. The minimum atomic E-state index is -2.17. The van der Waals surface area contributed by atoms with Crippen LogP contribution in [0.1, 0.15) is 84.0 Å². The zero-order valence-corrected chi connectivity index (χ0v) is 23.2. The van der Waals surface area contributed by atoms with Crippen LogP contribution in [0, 0.1) is 6.92 Å². The molecular formula is C18H45B4NaO12. The van der Waals surface area contributed by atoms with Crippen molar-refractivity contribution in [3.63, 3.8) is 0 Å². The smallest absolute Gasteiger partial charge is 0.402 e. The van der Waals surface area contributed by atoms with Gasteiger partial charge in [0.25, 0.3) is 0 Å². The Hall–Kier alpha value is 0.260. The van der Waals surface area contributed by atoms with Crippen molar-refractivity contribution in [2.24, 2.45) is 0 Å². The summed E-state index contributed by atoms with van der Waals surface area (Å²) in [6.45, 7) is 6.12. The van der Waals surface area contributed by atoms with Crippen LogP contribution < -0.4 is 29.6 Å². The summed E-state index contributed by atoms with van der Waals surface area (Å²) in [6, 6.07) is 0. The molecule has 0 aromatic heterocycles. The van der Waals surface area contributed by atoms with E-state index in [9.17, 15) is 0 Å². The van der Waals surface area contributed by atoms with E-state index in [1.165, 1.54) is 64.2 Å². The summed E-state index contributed by atoms with van der Waals surface area (Å²) in [5.41, 5.74) is 0. The van der Waals surface area contributed by atoms with Gasteiger partial charge in [0.15, 0.2) is 0 Å². The van der Waals surface area contributed by atoms with Gasteiger partial charge >= 0.3 is 58.8 Å². The number of hydrogen-bond donors (Lipinski definition) is 12. The largest absolute Gasteiger partial charge is 1.00 e. The minimum absolute atomic E-state index is 0. The van der Waals surface area contributed by atoms with Crippen molar-refractivity contribution in [1.29, 1.82) is 0 Å². The Balaban J connectivity index is -0.000000101. The van der Waals surface area contributed by atoms with Crippen LogP contribution in [0.2, 0.25) is 0 Å². The van der Waals surface area contributed by atoms with Gasteiger partial charge in [-0.25, -0.2) is 0 Å². The van der Waals surface area contributed by atoms with Crippen LogP contribution in [0.5, 0.6) is 0 Å². The number of rotatable bonds is 13. The normalized spacial score (nSPS) is 9.20. The van der Waals surface area contributed by atoms with Crippen LogP contribution in [0.25, 0.3) is 0 Å². The average molecular weight is 520 g/mol. The molecule has 0 aliphatic carbocycles. The van der Waals surface area contributed by atoms with E-state index in [0.717, 1.165) is 12.8 Å². The molecule has 0 spiro atoms. The molecule has 0 aromatic carbocycles. The van der Waals surface area contributed by atoms with E-state index in [1.807, 2.05) is 0 Å². The number of allylic oxidation sites excluding steroid dienone is 4. The second kappa shape index (κ2) is 47.5. The summed E-state index contributed by atoms with van der Waals surface area (Å²) in [6.07, 6.45) is 24.9. The Bertz CT molecular complexity index is 348. The first-order chi connectivity index (χ1) is 15.8. The fraction of sp³-hybridized carbons (Fsp3) is 0.722. The molecule has 0 rings (SSSR count). The molecular weight excluding hydrogens is 474 g/mol. The topological polar surface area (TPSA) is 243 Å². The van der Waals surface area contributed by atoms with Crippen molar-refractivity contribution >= 4 is 29.3 Å². The molecule has 0 radical (unpaired) electrons. The Kier molecular flexibility index (Phi) is 65.5. The summed E-state index contributed by atoms with van der Waals surface area (Å²) < 4.78 is 0. The van der Waals surface area contributed by atoms with Crippen LogP contribution >= 0.6 is 0 Å². The molecule has 0 saturated heterocycles. The Labute approximate surface area is 233 Å². The van der Waals surface area contributed by atoms with Gasteiger partial charge in [0, 0.05) is 0 Å². The molecule has 12 N–H and O–H groups in total. The van der Waals surface area contributed by atoms with Gasteiger partial charge < -0.3 is 67.2 Å². The zero-order valence-electron chi connectivity index (χ0n) is 21.2. The molecule has 0 saturated carbocycles. The first-order valence-electron chi connectivity index (χ1n) is 11.1. The first-order valence-corrected chi connectivity index (χ1v) is 11.1. The monoisotopic (exact) mass is 520 g/mol. The predicted molar refractivity (Wildman–Crippen MR) is 134 cm³/mol. The third-order valence-electron chi connectivity index (χ3n) is 3.20. The molecule has 0 aliphatic rings. The third kappa shape index (κ3) is 153. The summed E-state index contributed by atoms with van der Waals surface area (Å²) in [7, 11) is -8.67. The number of hydrogen-bond acceptors (Lipinski definition) is 12. The first kappa shape index (κ1) is 48.3. The van der Waals surface area contributed by atoms with Gasteiger partial charge in [-0.15, -0.1) is 0 Å². The predicted octanol–water partition coefficient (Wildman–Crippen LogP) is -4.57. The van der Waals surface area contributed by atoms with Crippen molar-refractivity contribution in [2.75, 3.05) is 0 Å². The number of unbranched alkanes of at least 4 members (excludes halogenated alkanes) is 9. The van der Waals surface area contributed by atoms with Gasteiger partial charge in [-0.2, -0.15) is 6.42 Å². The molecule has 0 fully saturated rings. The van der Waals surface area contributed by atoms with Crippen molar-refractivity contribution < 1.29 is 89.8 Å². The van der Waals surface area contributed by atoms with E-state index in [2.05, 4.69) is 38.2 Å². The molecule has 0 amide bonds. The molecule has 0 heterocycles. The average Bonchev–Trinajstić information content (AvgIpc) is 2.66. The van der Waals surface area contributed by atoms with Gasteiger partial charge in [0.05, 0.1) is 0 Å². The Morgan fingerprint density at radius 2 is 0.771 bits per heavy atom. The molecule has 0 bridgehead atoms. The van der Waals surface area contributed by atoms with Crippen molar-refractivity contribution in [3.8, 4) is 0 Å². The van der Waals surface area contributed by atoms with Gasteiger partial charge in [-0.05, 0) is 32.1 Å². The maximum atomic E-state index is 7.17. The zero-order chi connectivity index (χ0) is 27.6. The van der Waals surface area contributed by atoms with E-state index in [-0.39, 0.29) is 29.6 Å². The molecule has 0 unspecified atom stereocenters. The third-order valence-corrected chi connectivity index (χ3v) is 3.20. The standard InChI is InChI=1S/C18H33.4BH3O3.Na/c1-3-5-7-9-11-13-15-17-18-16-14-12-10-8-6-4-2;4*2-1(3)4;/h12,14,17-18H,1,3-11,13,15-16H2,2H3;4*2-4H;/q-1;;;;;+1/b14-12-,18-17-;;;;;. The molecule has 0 aliphatic heterocycles. The fourth-order valence-electron chi connectivity index (χ4n) is 1.99. The Morgan fingerprint density at radius 1 is 0.486 bits per heavy atom. The van der Waals surface area contributed by atoms with Crippen LogP contribution in [0.3, 0.4) is 0 Å². The maximum absolute atomic E-state index is 7.17. The quantitative estimate of drug-likeness (QED) is 0.0476. The van der Waals surface area contributed by atoms with E-state index in [4.69, 9.17) is 60.3 Å². The summed E-state index contributed by atoms with van der Waals surface area (Å²) >= 11 is 0. The maximum Gasteiger partial charge on any atom is 1.00 e. The van der Waals surface area contributed by atoms with E-state index in [0.29, 0.717) is 0 Å².